The molecule has 0 N–H and O–H groups in total. The van der Waals surface area contributed by atoms with Crippen molar-refractivity contribution in [1.82, 2.24) is 34.9 Å². The van der Waals surface area contributed by atoms with Crippen LogP contribution in [0.1, 0.15) is 0 Å². The van der Waals surface area contributed by atoms with Crippen molar-refractivity contribution in [2.45, 2.75) is 0 Å². The molecule has 5 rings (SSSR count). The minimum absolute atomic E-state index is 0.594. The number of aromatic nitrogens is 7. The fourth-order valence-corrected chi connectivity index (χ4v) is 2.71. The quantitative estimate of drug-likeness (QED) is 0.489. The second-order valence-corrected chi connectivity index (χ2v) is 5.60. The van der Waals surface area contributed by atoms with E-state index in [0.29, 0.717) is 11.3 Å². The van der Waals surface area contributed by atoms with Gasteiger partial charge in [-0.3, -0.25) is 9.97 Å². The molecule has 0 bridgehead atoms. The Balaban J connectivity index is 1.60. The largest absolute Gasteiger partial charge is 0.251 e. The van der Waals surface area contributed by atoms with E-state index in [4.69, 9.17) is 4.98 Å². The molecule has 0 spiro atoms. The summed E-state index contributed by atoms with van der Waals surface area (Å²) in [5, 5.41) is 0. The zero-order valence-electron chi connectivity index (χ0n) is 13.5. The molecule has 0 aliphatic rings. The maximum absolute atomic E-state index is 4.71. The maximum atomic E-state index is 4.71. The first kappa shape index (κ1) is 14.5. The number of rotatable bonds is 2. The average molecular weight is 337 g/mol. The number of hydrogen-bond donors (Lipinski definition) is 0. The topological polar surface area (TPSA) is 90.2 Å². The maximum Gasteiger partial charge on any atom is 0.178 e. The summed E-state index contributed by atoms with van der Waals surface area (Å²) in [6, 6.07) is 13.3. The highest BCUT2D eigenvalue weighted by atomic mass is 14.9. The normalized spacial score (nSPS) is 11.1. The zero-order chi connectivity index (χ0) is 17.3. The van der Waals surface area contributed by atoms with Crippen molar-refractivity contribution in [2.75, 3.05) is 0 Å². The first-order valence-electron chi connectivity index (χ1n) is 8.00. The molecule has 0 fully saturated rings. The minimum atomic E-state index is 0.594. The highest BCUT2D eigenvalue weighted by Gasteiger charge is 2.08. The van der Waals surface area contributed by atoms with Crippen molar-refractivity contribution in [3.63, 3.8) is 0 Å². The molecule has 0 radical (unpaired) electrons. The predicted octanol–water partition coefficient (Wildman–Crippen LogP) is 3.09. The molecule has 0 unspecified atom stereocenters. The Hall–Kier alpha value is -3.87. The Kier molecular flexibility index (Phi) is 3.28. The van der Waals surface area contributed by atoms with Gasteiger partial charge in [0.1, 0.15) is 11.0 Å². The van der Waals surface area contributed by atoms with Gasteiger partial charge in [-0.2, -0.15) is 0 Å². The van der Waals surface area contributed by atoms with Crippen molar-refractivity contribution in [1.29, 1.82) is 0 Å². The van der Waals surface area contributed by atoms with Crippen LogP contribution in [-0.2, 0) is 0 Å². The minimum Gasteiger partial charge on any atom is -0.251 e. The Bertz CT molecular complexity index is 1160. The lowest BCUT2D eigenvalue weighted by Gasteiger charge is -2.05. The zero-order valence-corrected chi connectivity index (χ0v) is 13.5. The van der Waals surface area contributed by atoms with Crippen LogP contribution in [-0.4, -0.2) is 34.9 Å². The Morgan fingerprint density at radius 1 is 0.423 bits per heavy atom. The molecule has 0 amide bonds. The van der Waals surface area contributed by atoms with Crippen LogP contribution >= 0.6 is 0 Å². The fourth-order valence-electron chi connectivity index (χ4n) is 2.71. The molecule has 0 aromatic carbocycles. The lowest BCUT2D eigenvalue weighted by molar-refractivity contribution is 1.19. The van der Waals surface area contributed by atoms with Crippen molar-refractivity contribution >= 4 is 22.3 Å². The predicted molar refractivity (Wildman–Crippen MR) is 96.9 cm³/mol. The van der Waals surface area contributed by atoms with E-state index in [0.717, 1.165) is 33.8 Å². The van der Waals surface area contributed by atoms with Gasteiger partial charge in [0.05, 0.1) is 22.8 Å². The Morgan fingerprint density at radius 3 is 1.42 bits per heavy atom. The Morgan fingerprint density at radius 2 is 0.885 bits per heavy atom. The SMILES string of the molecule is c1cc(-c2ccc3nccnc3n2)nc(-c2ccc3nccnc3n2)c1. The van der Waals surface area contributed by atoms with Crippen molar-refractivity contribution in [3.05, 3.63) is 67.3 Å². The molecule has 5 aromatic rings. The van der Waals surface area contributed by atoms with Gasteiger partial charge in [-0.1, -0.05) is 6.07 Å². The van der Waals surface area contributed by atoms with E-state index >= 15 is 0 Å². The first-order valence-corrected chi connectivity index (χ1v) is 8.00. The van der Waals surface area contributed by atoms with Crippen LogP contribution < -0.4 is 0 Å². The third-order valence-electron chi connectivity index (χ3n) is 3.94. The third kappa shape index (κ3) is 2.51. The Labute approximate surface area is 147 Å². The molecule has 0 atom stereocenters. The van der Waals surface area contributed by atoms with E-state index in [9.17, 15) is 0 Å². The van der Waals surface area contributed by atoms with E-state index in [1.165, 1.54) is 0 Å². The molecule has 5 aromatic heterocycles. The molecule has 0 aliphatic carbocycles. The number of pyridine rings is 3. The molecule has 26 heavy (non-hydrogen) atoms. The summed E-state index contributed by atoms with van der Waals surface area (Å²) in [5.41, 5.74) is 5.66. The standard InChI is InChI=1S/C19H11N7/c1-2-12(14-4-6-16-18(25-14)22-10-8-20-16)24-13(3-1)15-5-7-17-19(26-15)23-11-9-21-17/h1-11H. The summed E-state index contributed by atoms with van der Waals surface area (Å²) in [7, 11) is 0. The van der Waals surface area contributed by atoms with Crippen molar-refractivity contribution in [2.24, 2.45) is 0 Å². The van der Waals surface area contributed by atoms with Gasteiger partial charge >= 0.3 is 0 Å². The van der Waals surface area contributed by atoms with E-state index in [2.05, 4.69) is 29.9 Å². The summed E-state index contributed by atoms with van der Waals surface area (Å²) in [5.74, 6) is 0. The number of hydrogen-bond acceptors (Lipinski definition) is 7. The van der Waals surface area contributed by atoms with Crippen molar-refractivity contribution in [3.8, 4) is 22.8 Å². The summed E-state index contributed by atoms with van der Waals surface area (Å²) >= 11 is 0. The van der Waals surface area contributed by atoms with E-state index in [-0.39, 0.29) is 0 Å². The second-order valence-electron chi connectivity index (χ2n) is 5.60. The van der Waals surface area contributed by atoms with E-state index in [1.54, 1.807) is 24.8 Å². The van der Waals surface area contributed by atoms with Gasteiger partial charge in [-0.15, -0.1) is 0 Å². The number of fused-ring (bicyclic) bond motifs is 2. The van der Waals surface area contributed by atoms with Gasteiger partial charge in [0.25, 0.3) is 0 Å². The van der Waals surface area contributed by atoms with Gasteiger partial charge in [0.15, 0.2) is 11.3 Å². The molecule has 5 heterocycles. The summed E-state index contributed by atoms with van der Waals surface area (Å²) < 4.78 is 0. The summed E-state index contributed by atoms with van der Waals surface area (Å²) in [6.45, 7) is 0. The molecular formula is C19H11N7. The van der Waals surface area contributed by atoms with Crippen molar-refractivity contribution < 1.29 is 0 Å². The molecule has 0 aliphatic heterocycles. The van der Waals surface area contributed by atoms with Gasteiger partial charge in [0, 0.05) is 24.8 Å². The third-order valence-corrected chi connectivity index (χ3v) is 3.94. The van der Waals surface area contributed by atoms with E-state index < -0.39 is 0 Å². The number of nitrogens with zero attached hydrogens (tertiary/aromatic N) is 7. The molecular weight excluding hydrogens is 326 g/mol. The molecule has 0 saturated carbocycles. The molecule has 0 saturated heterocycles. The lowest BCUT2D eigenvalue weighted by atomic mass is 10.2. The molecule has 7 heteroatoms. The highest BCUT2D eigenvalue weighted by molar-refractivity contribution is 5.75. The van der Waals surface area contributed by atoms with Crippen LogP contribution in [0, 0.1) is 0 Å². The second kappa shape index (κ2) is 5.89. The summed E-state index contributed by atoms with van der Waals surface area (Å²) in [4.78, 5) is 30.8. The van der Waals surface area contributed by atoms with Crippen LogP contribution in [0.3, 0.4) is 0 Å². The van der Waals surface area contributed by atoms with Gasteiger partial charge < -0.3 is 0 Å². The van der Waals surface area contributed by atoms with Crippen LogP contribution in [0.2, 0.25) is 0 Å². The van der Waals surface area contributed by atoms with Gasteiger partial charge in [-0.25, -0.2) is 24.9 Å². The first-order chi connectivity index (χ1) is 12.9. The van der Waals surface area contributed by atoms with Crippen LogP contribution in [0.15, 0.2) is 67.3 Å². The van der Waals surface area contributed by atoms with Crippen LogP contribution in [0.4, 0.5) is 0 Å². The molecule has 122 valence electrons. The highest BCUT2D eigenvalue weighted by Crippen LogP contribution is 2.22. The lowest BCUT2D eigenvalue weighted by Crippen LogP contribution is -1.95. The summed E-state index contributed by atoms with van der Waals surface area (Å²) in [6.07, 6.45) is 6.56. The monoisotopic (exact) mass is 337 g/mol. The molecule has 7 nitrogen and oxygen atoms in total. The van der Waals surface area contributed by atoms with Crippen LogP contribution in [0.25, 0.3) is 45.1 Å². The fraction of sp³-hybridized carbons (Fsp3) is 0. The van der Waals surface area contributed by atoms with Gasteiger partial charge in [-0.05, 0) is 36.4 Å². The van der Waals surface area contributed by atoms with Gasteiger partial charge in [0.2, 0.25) is 0 Å². The van der Waals surface area contributed by atoms with E-state index in [1.807, 2.05) is 42.5 Å². The average Bonchev–Trinajstić information content (AvgIpc) is 2.73. The smallest absolute Gasteiger partial charge is 0.178 e. The van der Waals surface area contributed by atoms with Crippen LogP contribution in [0.5, 0.6) is 0 Å².